The molecule has 2 amide bonds. The Balaban J connectivity index is 1.52. The Kier molecular flexibility index (Phi) is 7.94. The van der Waals surface area contributed by atoms with E-state index in [0.717, 1.165) is 55.8 Å². The van der Waals surface area contributed by atoms with E-state index in [1.165, 1.54) is 0 Å². The molecule has 7 nitrogen and oxygen atoms in total. The fourth-order valence-electron chi connectivity index (χ4n) is 4.95. The van der Waals surface area contributed by atoms with Crippen LogP contribution in [0.2, 0.25) is 0 Å². The van der Waals surface area contributed by atoms with E-state index in [9.17, 15) is 9.59 Å². The molecule has 2 aliphatic rings. The van der Waals surface area contributed by atoms with Gasteiger partial charge in [0.2, 0.25) is 11.8 Å². The van der Waals surface area contributed by atoms with E-state index in [2.05, 4.69) is 21.3 Å². The first-order valence-corrected chi connectivity index (χ1v) is 12.0. The number of nitrogens with zero attached hydrogens (tertiary/aromatic N) is 3. The molecule has 0 saturated carbocycles. The van der Waals surface area contributed by atoms with Crippen LogP contribution in [0, 0.1) is 5.92 Å². The van der Waals surface area contributed by atoms with Gasteiger partial charge in [0.1, 0.15) is 5.75 Å². The maximum atomic E-state index is 13.2. The molecule has 33 heavy (non-hydrogen) atoms. The van der Waals surface area contributed by atoms with Crippen molar-refractivity contribution in [2.75, 3.05) is 33.3 Å². The largest absolute Gasteiger partial charge is 0.497 e. The number of ether oxygens (including phenoxy) is 1. The van der Waals surface area contributed by atoms with Gasteiger partial charge in [-0.05, 0) is 55.1 Å². The zero-order valence-electron chi connectivity index (χ0n) is 19.4. The average molecular weight is 451 g/mol. The number of carbonyl (C=O) groups is 2. The third kappa shape index (κ3) is 6.11. The molecule has 1 N–H and O–H groups in total. The number of methoxy groups -OCH3 is 1. The fourth-order valence-corrected chi connectivity index (χ4v) is 4.95. The first-order chi connectivity index (χ1) is 16.1. The summed E-state index contributed by atoms with van der Waals surface area (Å²) in [5.74, 6) is 0.866. The Morgan fingerprint density at radius 1 is 1.15 bits per heavy atom. The molecule has 2 fully saturated rings. The van der Waals surface area contributed by atoms with Crippen molar-refractivity contribution in [3.63, 3.8) is 0 Å². The van der Waals surface area contributed by atoms with Gasteiger partial charge in [-0.1, -0.05) is 24.6 Å². The molecule has 0 bridgehead atoms. The highest BCUT2D eigenvalue weighted by Crippen LogP contribution is 2.26. The first kappa shape index (κ1) is 23.2. The van der Waals surface area contributed by atoms with Crippen molar-refractivity contribution < 1.29 is 14.3 Å². The summed E-state index contributed by atoms with van der Waals surface area (Å²) >= 11 is 0. The lowest BCUT2D eigenvalue weighted by Crippen LogP contribution is -2.58. The minimum atomic E-state index is -0.111. The summed E-state index contributed by atoms with van der Waals surface area (Å²) in [6, 6.07) is 11.7. The Bertz CT molecular complexity index is 936. The molecule has 1 aromatic carbocycles. The molecule has 2 aliphatic heterocycles. The molecule has 1 aromatic heterocycles. The van der Waals surface area contributed by atoms with Crippen LogP contribution in [-0.2, 0) is 22.6 Å². The van der Waals surface area contributed by atoms with Gasteiger partial charge in [0.25, 0.3) is 0 Å². The molecule has 2 aromatic rings. The van der Waals surface area contributed by atoms with Gasteiger partial charge in [0, 0.05) is 44.6 Å². The number of pyridine rings is 1. The van der Waals surface area contributed by atoms with Crippen LogP contribution in [0.3, 0.4) is 0 Å². The number of carbonyl (C=O) groups excluding carboxylic acids is 2. The first-order valence-electron chi connectivity index (χ1n) is 12.0. The van der Waals surface area contributed by atoms with Gasteiger partial charge in [-0.25, -0.2) is 0 Å². The molecule has 2 atom stereocenters. The fraction of sp³-hybridized carbons (Fsp3) is 0.500. The number of rotatable bonds is 5. The number of hydrogen-bond donors (Lipinski definition) is 1. The van der Waals surface area contributed by atoms with Gasteiger partial charge in [-0.3, -0.25) is 19.5 Å². The molecule has 176 valence electrons. The Labute approximate surface area is 196 Å². The van der Waals surface area contributed by atoms with Crippen molar-refractivity contribution in [1.82, 2.24) is 20.1 Å². The van der Waals surface area contributed by atoms with E-state index in [1.54, 1.807) is 13.3 Å². The second kappa shape index (κ2) is 11.3. The highest BCUT2D eigenvalue weighted by Gasteiger charge is 2.39. The summed E-state index contributed by atoms with van der Waals surface area (Å²) in [4.78, 5) is 34.9. The lowest BCUT2D eigenvalue weighted by Gasteiger charge is -2.44. The van der Waals surface area contributed by atoms with Gasteiger partial charge < -0.3 is 15.0 Å². The van der Waals surface area contributed by atoms with E-state index >= 15 is 0 Å². The van der Waals surface area contributed by atoms with Gasteiger partial charge in [-0.15, -0.1) is 0 Å². The third-order valence-electron chi connectivity index (χ3n) is 6.76. The van der Waals surface area contributed by atoms with Crippen LogP contribution in [0.1, 0.15) is 36.8 Å². The Morgan fingerprint density at radius 3 is 2.85 bits per heavy atom. The smallest absolute Gasteiger partial charge is 0.227 e. The third-order valence-corrected chi connectivity index (χ3v) is 6.76. The van der Waals surface area contributed by atoms with Crippen LogP contribution in [0.4, 0.5) is 0 Å². The van der Waals surface area contributed by atoms with Crippen LogP contribution < -0.4 is 10.1 Å². The highest BCUT2D eigenvalue weighted by molar-refractivity contribution is 5.82. The van der Waals surface area contributed by atoms with Crippen molar-refractivity contribution in [3.8, 4) is 5.75 Å². The quantitative estimate of drug-likeness (QED) is 0.758. The van der Waals surface area contributed by atoms with Gasteiger partial charge >= 0.3 is 0 Å². The second-order valence-corrected chi connectivity index (χ2v) is 9.01. The summed E-state index contributed by atoms with van der Waals surface area (Å²) in [6.45, 7) is 3.57. The molecular formula is C26H34N4O3. The van der Waals surface area contributed by atoms with Gasteiger partial charge in [0.05, 0.1) is 19.4 Å². The molecule has 0 unspecified atom stereocenters. The summed E-state index contributed by atoms with van der Waals surface area (Å²) in [5, 5.41) is 3.14. The number of aromatic nitrogens is 1. The number of likely N-dealkylation sites (tertiary alicyclic amines) is 1. The van der Waals surface area contributed by atoms with Crippen LogP contribution in [-0.4, -0.2) is 65.9 Å². The molecule has 3 heterocycles. The second-order valence-electron chi connectivity index (χ2n) is 9.01. The predicted octanol–water partition coefficient (Wildman–Crippen LogP) is 2.65. The highest BCUT2D eigenvalue weighted by atomic mass is 16.5. The maximum Gasteiger partial charge on any atom is 0.227 e. The van der Waals surface area contributed by atoms with Gasteiger partial charge in [0.15, 0.2) is 0 Å². The molecule has 7 heteroatoms. The zero-order chi connectivity index (χ0) is 23.0. The van der Waals surface area contributed by atoms with Crippen LogP contribution in [0.25, 0.3) is 0 Å². The van der Waals surface area contributed by atoms with Crippen LogP contribution in [0.5, 0.6) is 5.75 Å². The van der Waals surface area contributed by atoms with Crippen molar-refractivity contribution in [2.24, 2.45) is 5.92 Å². The minimum Gasteiger partial charge on any atom is -0.497 e. The monoisotopic (exact) mass is 450 g/mol. The molecule has 0 aliphatic carbocycles. The number of nitrogens with one attached hydrogen (secondary N) is 1. The van der Waals surface area contributed by atoms with Crippen molar-refractivity contribution in [3.05, 3.63) is 59.9 Å². The van der Waals surface area contributed by atoms with E-state index in [4.69, 9.17) is 4.74 Å². The molecule has 0 spiro atoms. The number of benzene rings is 1. The van der Waals surface area contributed by atoms with E-state index in [1.807, 2.05) is 41.4 Å². The van der Waals surface area contributed by atoms with Gasteiger partial charge in [-0.2, -0.15) is 0 Å². The van der Waals surface area contributed by atoms with Crippen molar-refractivity contribution in [2.45, 2.75) is 44.7 Å². The van der Waals surface area contributed by atoms with Crippen molar-refractivity contribution >= 4 is 11.8 Å². The average Bonchev–Trinajstić information content (AvgIpc) is 2.85. The number of hydrogen-bond acceptors (Lipinski definition) is 5. The predicted molar refractivity (Wildman–Crippen MR) is 127 cm³/mol. The van der Waals surface area contributed by atoms with Crippen LogP contribution >= 0.6 is 0 Å². The lowest BCUT2D eigenvalue weighted by molar-refractivity contribution is -0.139. The number of amides is 2. The summed E-state index contributed by atoms with van der Waals surface area (Å²) in [7, 11) is 1.63. The lowest BCUT2D eigenvalue weighted by atomic mass is 9.88. The van der Waals surface area contributed by atoms with Crippen molar-refractivity contribution in [1.29, 1.82) is 0 Å². The normalized spacial score (nSPS) is 22.2. The molecule has 2 saturated heterocycles. The summed E-state index contributed by atoms with van der Waals surface area (Å²) < 4.78 is 5.30. The molecule has 4 rings (SSSR count). The van der Waals surface area contributed by atoms with E-state index in [-0.39, 0.29) is 23.8 Å². The maximum absolute atomic E-state index is 13.2. The summed E-state index contributed by atoms with van der Waals surface area (Å²) in [6.07, 6.45) is 7.86. The minimum absolute atomic E-state index is 0.00804. The Morgan fingerprint density at radius 2 is 2.03 bits per heavy atom. The standard InChI is InChI=1S/C26H34N4O3/c1-33-22-9-5-7-20(15-22)16-25(31)30-14-10-23-24(19-30)29(18-21-8-6-11-27-17-21)13-4-2-3-12-28-26(23)32/h5-9,11,15,17,23-24H,2-4,10,12-14,16,18-19H2,1H3,(H,28,32)/t23-,24-/m1/s1. The molecular weight excluding hydrogens is 416 g/mol. The van der Waals surface area contributed by atoms with Crippen LogP contribution in [0.15, 0.2) is 48.8 Å². The molecule has 0 radical (unpaired) electrons. The zero-order valence-corrected chi connectivity index (χ0v) is 19.4. The summed E-state index contributed by atoms with van der Waals surface area (Å²) in [5.41, 5.74) is 2.07. The number of piperidine rings is 1. The SMILES string of the molecule is COc1cccc(CC(=O)N2CC[C@H]3C(=O)NCCCCCN(Cc4cccnc4)[C@@H]3C2)c1. The Hall–Kier alpha value is -2.93. The topological polar surface area (TPSA) is 74.8 Å². The van der Waals surface area contributed by atoms with E-state index < -0.39 is 0 Å². The number of fused-ring (bicyclic) bond motifs is 1. The van der Waals surface area contributed by atoms with E-state index in [0.29, 0.717) is 25.9 Å².